The molecule has 0 bridgehead atoms. The van der Waals surface area contributed by atoms with Gasteiger partial charge >= 0.3 is 0 Å². The van der Waals surface area contributed by atoms with Gasteiger partial charge in [-0.05, 0) is 61.2 Å². The molecular formula is C23H23N3O2. The van der Waals surface area contributed by atoms with Crippen LogP contribution in [0.25, 0.3) is 0 Å². The minimum atomic E-state index is -0.294. The molecule has 2 amide bonds. The van der Waals surface area contributed by atoms with Crippen molar-refractivity contribution in [3.05, 3.63) is 94.8 Å². The minimum absolute atomic E-state index is 0.223. The molecule has 0 unspecified atom stereocenters. The molecule has 0 aliphatic carbocycles. The van der Waals surface area contributed by atoms with Crippen LogP contribution in [0.4, 0.5) is 5.69 Å². The van der Waals surface area contributed by atoms with Crippen molar-refractivity contribution in [3.8, 4) is 0 Å². The lowest BCUT2D eigenvalue weighted by Crippen LogP contribution is -2.27. The number of anilines is 1. The number of amides is 2. The van der Waals surface area contributed by atoms with Crippen molar-refractivity contribution in [3.63, 3.8) is 0 Å². The molecule has 0 spiro atoms. The smallest absolute Gasteiger partial charge is 0.269 e. The van der Waals surface area contributed by atoms with Crippen molar-refractivity contribution in [1.29, 1.82) is 0 Å². The monoisotopic (exact) mass is 373 g/mol. The number of hydrogen-bond acceptors (Lipinski definition) is 3. The van der Waals surface area contributed by atoms with Gasteiger partial charge in [-0.25, -0.2) is 0 Å². The van der Waals surface area contributed by atoms with E-state index in [0.717, 1.165) is 28.8 Å². The van der Waals surface area contributed by atoms with Crippen molar-refractivity contribution < 1.29 is 9.59 Å². The Hall–Kier alpha value is -3.47. The van der Waals surface area contributed by atoms with Gasteiger partial charge in [0.2, 0.25) is 0 Å². The summed E-state index contributed by atoms with van der Waals surface area (Å²) in [5, 5.41) is 5.72. The lowest BCUT2D eigenvalue weighted by molar-refractivity contribution is 0.0949. The predicted octanol–water partition coefficient (Wildman–Crippen LogP) is 3.92. The van der Waals surface area contributed by atoms with Crippen LogP contribution in [0.15, 0.2) is 66.9 Å². The van der Waals surface area contributed by atoms with E-state index in [1.165, 1.54) is 12.3 Å². The molecule has 1 heterocycles. The van der Waals surface area contributed by atoms with E-state index in [-0.39, 0.29) is 17.5 Å². The summed E-state index contributed by atoms with van der Waals surface area (Å²) in [6.45, 7) is 4.46. The van der Waals surface area contributed by atoms with Crippen molar-refractivity contribution >= 4 is 17.5 Å². The van der Waals surface area contributed by atoms with Crippen molar-refractivity contribution in [2.45, 2.75) is 20.3 Å². The first-order chi connectivity index (χ1) is 13.5. The Balaban J connectivity index is 1.62. The molecule has 0 fully saturated rings. The van der Waals surface area contributed by atoms with Crippen LogP contribution in [-0.4, -0.2) is 23.3 Å². The van der Waals surface area contributed by atoms with E-state index in [4.69, 9.17) is 0 Å². The van der Waals surface area contributed by atoms with Gasteiger partial charge in [-0.3, -0.25) is 14.6 Å². The Morgan fingerprint density at radius 2 is 1.61 bits per heavy atom. The maximum atomic E-state index is 12.5. The summed E-state index contributed by atoms with van der Waals surface area (Å²) in [6.07, 6.45) is 2.21. The molecule has 0 radical (unpaired) electrons. The molecule has 0 aliphatic heterocycles. The Morgan fingerprint density at radius 3 is 2.32 bits per heavy atom. The molecule has 0 atom stereocenters. The summed E-state index contributed by atoms with van der Waals surface area (Å²) in [6, 6.07) is 18.9. The Bertz CT molecular complexity index is 964. The topological polar surface area (TPSA) is 71.1 Å². The Labute approximate surface area is 164 Å². The highest BCUT2D eigenvalue weighted by Gasteiger charge is 2.12. The fourth-order valence-electron chi connectivity index (χ4n) is 3.00. The maximum absolute atomic E-state index is 12.5. The predicted molar refractivity (Wildman–Crippen MR) is 111 cm³/mol. The first-order valence-corrected chi connectivity index (χ1v) is 9.19. The van der Waals surface area contributed by atoms with Gasteiger partial charge in [0, 0.05) is 24.0 Å². The number of nitrogens with one attached hydrogen (secondary N) is 2. The first-order valence-electron chi connectivity index (χ1n) is 9.19. The summed E-state index contributed by atoms with van der Waals surface area (Å²) in [4.78, 5) is 29.0. The molecule has 0 saturated carbocycles. The van der Waals surface area contributed by atoms with E-state index < -0.39 is 0 Å². The summed E-state index contributed by atoms with van der Waals surface area (Å²) in [5.74, 6) is -0.567. The number of aryl methyl sites for hydroxylation is 2. The SMILES string of the molecule is Cc1cc(C)cc(NC(=O)c2ccnc(C(=O)NCCc3ccccc3)c2)c1. The molecule has 2 N–H and O–H groups in total. The van der Waals surface area contributed by atoms with Crippen LogP contribution in [0.5, 0.6) is 0 Å². The van der Waals surface area contributed by atoms with Gasteiger partial charge < -0.3 is 10.6 Å². The number of rotatable bonds is 6. The molecule has 3 rings (SSSR count). The van der Waals surface area contributed by atoms with Gasteiger partial charge in [0.15, 0.2) is 0 Å². The van der Waals surface area contributed by atoms with E-state index in [2.05, 4.69) is 15.6 Å². The van der Waals surface area contributed by atoms with Crippen LogP contribution in [0.3, 0.4) is 0 Å². The zero-order chi connectivity index (χ0) is 19.9. The highest BCUT2D eigenvalue weighted by Crippen LogP contribution is 2.15. The van der Waals surface area contributed by atoms with E-state index in [1.807, 2.05) is 62.4 Å². The van der Waals surface area contributed by atoms with E-state index in [9.17, 15) is 9.59 Å². The third-order valence-corrected chi connectivity index (χ3v) is 4.28. The second-order valence-corrected chi connectivity index (χ2v) is 6.75. The van der Waals surface area contributed by atoms with Crippen LogP contribution in [0.1, 0.15) is 37.5 Å². The normalized spacial score (nSPS) is 10.4. The minimum Gasteiger partial charge on any atom is -0.350 e. The zero-order valence-electron chi connectivity index (χ0n) is 16.0. The molecular weight excluding hydrogens is 350 g/mol. The number of nitrogens with zero attached hydrogens (tertiary/aromatic N) is 1. The van der Waals surface area contributed by atoms with Crippen molar-refractivity contribution in [1.82, 2.24) is 10.3 Å². The highest BCUT2D eigenvalue weighted by molar-refractivity contribution is 6.05. The molecule has 1 aromatic heterocycles. The van der Waals surface area contributed by atoms with E-state index in [1.54, 1.807) is 6.07 Å². The van der Waals surface area contributed by atoms with Crippen LogP contribution < -0.4 is 10.6 Å². The average Bonchev–Trinajstić information content (AvgIpc) is 2.68. The van der Waals surface area contributed by atoms with Crippen LogP contribution in [0, 0.1) is 13.8 Å². The van der Waals surface area contributed by atoms with Crippen LogP contribution in [0.2, 0.25) is 0 Å². The molecule has 3 aromatic rings. The third-order valence-electron chi connectivity index (χ3n) is 4.28. The Kier molecular flexibility index (Phi) is 6.17. The van der Waals surface area contributed by atoms with Gasteiger partial charge in [0.25, 0.3) is 11.8 Å². The molecule has 5 nitrogen and oxygen atoms in total. The number of pyridine rings is 1. The van der Waals surface area contributed by atoms with Gasteiger partial charge in [0.1, 0.15) is 5.69 Å². The summed E-state index contributed by atoms with van der Waals surface area (Å²) >= 11 is 0. The lowest BCUT2D eigenvalue weighted by atomic mass is 10.1. The van der Waals surface area contributed by atoms with Gasteiger partial charge in [-0.1, -0.05) is 36.4 Å². The third kappa shape index (κ3) is 5.27. The quantitative estimate of drug-likeness (QED) is 0.688. The summed E-state index contributed by atoms with van der Waals surface area (Å²) in [5.41, 5.74) is 4.64. The highest BCUT2D eigenvalue weighted by atomic mass is 16.2. The average molecular weight is 373 g/mol. The second kappa shape index (κ2) is 8.95. The van der Waals surface area contributed by atoms with Crippen molar-refractivity contribution in [2.75, 3.05) is 11.9 Å². The van der Waals surface area contributed by atoms with Gasteiger partial charge in [0.05, 0.1) is 0 Å². The number of benzene rings is 2. The van der Waals surface area contributed by atoms with Crippen LogP contribution >= 0.6 is 0 Å². The number of aromatic nitrogens is 1. The molecule has 2 aromatic carbocycles. The fraction of sp³-hybridized carbons (Fsp3) is 0.174. The molecule has 0 aliphatic rings. The van der Waals surface area contributed by atoms with Gasteiger partial charge in [-0.15, -0.1) is 0 Å². The molecule has 5 heteroatoms. The number of carbonyl (C=O) groups excluding carboxylic acids is 2. The van der Waals surface area contributed by atoms with Crippen molar-refractivity contribution in [2.24, 2.45) is 0 Å². The Morgan fingerprint density at radius 1 is 0.893 bits per heavy atom. The molecule has 142 valence electrons. The van der Waals surface area contributed by atoms with E-state index >= 15 is 0 Å². The molecule has 28 heavy (non-hydrogen) atoms. The zero-order valence-corrected chi connectivity index (χ0v) is 16.0. The number of hydrogen-bond donors (Lipinski definition) is 2. The standard InChI is InChI=1S/C23H23N3O2/c1-16-12-17(2)14-20(13-16)26-22(27)19-9-11-24-21(15-19)23(28)25-10-8-18-6-4-3-5-7-18/h3-7,9,11-15H,8,10H2,1-2H3,(H,25,28)(H,26,27). The van der Waals surface area contributed by atoms with Crippen LogP contribution in [-0.2, 0) is 6.42 Å². The molecule has 0 saturated heterocycles. The van der Waals surface area contributed by atoms with E-state index in [0.29, 0.717) is 12.1 Å². The number of carbonyl (C=O) groups is 2. The fourth-order valence-corrected chi connectivity index (χ4v) is 3.00. The maximum Gasteiger partial charge on any atom is 0.269 e. The second-order valence-electron chi connectivity index (χ2n) is 6.75. The summed E-state index contributed by atoms with van der Waals surface area (Å²) < 4.78 is 0. The largest absolute Gasteiger partial charge is 0.350 e. The lowest BCUT2D eigenvalue weighted by Gasteiger charge is -2.09. The summed E-state index contributed by atoms with van der Waals surface area (Å²) in [7, 11) is 0. The van der Waals surface area contributed by atoms with Gasteiger partial charge in [-0.2, -0.15) is 0 Å². The first kappa shape index (κ1) is 19.3.